The fourth-order valence-electron chi connectivity index (χ4n) is 2.99. The van der Waals surface area contributed by atoms with Crippen LogP contribution in [0.2, 0.25) is 14.8 Å². The summed E-state index contributed by atoms with van der Waals surface area (Å²) in [6.45, 7) is 8.53. The molecule has 23 heavy (non-hydrogen) atoms. The van der Waals surface area contributed by atoms with Crippen LogP contribution in [0.25, 0.3) is 0 Å². The molecule has 0 bridgehead atoms. The van der Waals surface area contributed by atoms with Crippen molar-refractivity contribution in [2.45, 2.75) is 60.1 Å². The molecule has 0 aromatic heterocycles. The zero-order valence-electron chi connectivity index (χ0n) is 15.4. The van der Waals surface area contributed by atoms with Crippen molar-refractivity contribution in [3.63, 3.8) is 0 Å². The molecule has 0 unspecified atom stereocenters. The van der Waals surface area contributed by atoms with E-state index in [0.717, 1.165) is 10.0 Å². The number of hydrogen-bond donors (Lipinski definition) is 2. The van der Waals surface area contributed by atoms with Crippen LogP contribution in [0.3, 0.4) is 0 Å². The van der Waals surface area contributed by atoms with Crippen molar-refractivity contribution in [3.8, 4) is 0 Å². The van der Waals surface area contributed by atoms with Gasteiger partial charge in [0.2, 0.25) is 0 Å². The molecule has 0 saturated heterocycles. The molecular weight excluding hydrogens is 391 g/mol. The van der Waals surface area contributed by atoms with Gasteiger partial charge < -0.3 is 0 Å². The number of benzene rings is 1. The molecule has 130 valence electrons. The Morgan fingerprint density at radius 1 is 1.04 bits per heavy atom. The van der Waals surface area contributed by atoms with Crippen molar-refractivity contribution >= 4 is 18.4 Å². The number of hydrogen-bond acceptors (Lipinski definition) is 2. The van der Waals surface area contributed by atoms with Gasteiger partial charge in [0, 0.05) is 0 Å². The average molecular weight is 425 g/mol. The first-order valence-corrected chi connectivity index (χ1v) is 18.7. The molecule has 0 aliphatic rings. The second-order valence-electron chi connectivity index (χ2n) is 8.09. The summed E-state index contributed by atoms with van der Waals surface area (Å²) in [5.41, 5.74) is 1.23. The second kappa shape index (κ2) is 9.24. The van der Waals surface area contributed by atoms with Gasteiger partial charge >= 0.3 is 147 Å². The van der Waals surface area contributed by atoms with Crippen LogP contribution in [-0.4, -0.2) is 40.8 Å². The number of aliphatic hydroxyl groups is 2. The first-order valence-electron chi connectivity index (χ1n) is 8.72. The zero-order valence-corrected chi connectivity index (χ0v) is 18.3. The number of aliphatic hydroxyl groups excluding tert-OH is 2. The summed E-state index contributed by atoms with van der Waals surface area (Å²) in [5.74, 6) is 0.230. The van der Waals surface area contributed by atoms with E-state index < -0.39 is 30.6 Å². The summed E-state index contributed by atoms with van der Waals surface area (Å²) in [5, 5.41) is 21.5. The fourth-order valence-corrected chi connectivity index (χ4v) is 6.94. The minimum absolute atomic E-state index is 0.183. The molecule has 0 fully saturated rings. The monoisotopic (exact) mass is 426 g/mol. The van der Waals surface area contributed by atoms with Crippen molar-refractivity contribution in [2.24, 2.45) is 11.8 Å². The Labute approximate surface area is 146 Å². The van der Waals surface area contributed by atoms with Gasteiger partial charge in [0.05, 0.1) is 0 Å². The molecular formula is C20H34O2Sn. The maximum absolute atomic E-state index is 10.8. The number of aryl methyl sites for hydroxylation is 1. The van der Waals surface area contributed by atoms with Gasteiger partial charge in [-0.25, -0.2) is 0 Å². The summed E-state index contributed by atoms with van der Waals surface area (Å²) in [7, 11) is 0. The standard InChI is InChI=1S/C17H25O2.3CH3.Sn/c1-4-15(17(19)12-13(2)3)16(18)11-10-14-8-6-5-7-9-14;;;;/h5-9,13,15-19H,1,10-12H2,2-3H3;3*1H3;/t15-,16-,17-;;;;/m0..../s1. The Morgan fingerprint density at radius 2 is 1.61 bits per heavy atom. The molecule has 0 radical (unpaired) electrons. The molecule has 1 rings (SSSR count). The van der Waals surface area contributed by atoms with Crippen LogP contribution >= 0.6 is 0 Å². The third-order valence-electron chi connectivity index (χ3n) is 4.48. The van der Waals surface area contributed by atoms with Crippen LogP contribution in [0.1, 0.15) is 32.3 Å². The molecule has 2 N–H and O–H groups in total. The third-order valence-corrected chi connectivity index (χ3v) is 10.9. The van der Waals surface area contributed by atoms with Gasteiger partial charge in [-0.05, 0) is 0 Å². The molecule has 0 aliphatic carbocycles. The van der Waals surface area contributed by atoms with E-state index in [9.17, 15) is 10.2 Å². The van der Waals surface area contributed by atoms with Crippen molar-refractivity contribution in [1.29, 1.82) is 0 Å². The molecule has 2 nitrogen and oxygen atoms in total. The van der Waals surface area contributed by atoms with E-state index in [1.54, 1.807) is 0 Å². The Balaban J connectivity index is 2.83. The molecule has 0 amide bonds. The molecule has 3 atom stereocenters. The first-order chi connectivity index (χ1) is 10.6. The topological polar surface area (TPSA) is 40.5 Å². The summed E-state index contributed by atoms with van der Waals surface area (Å²) in [6.07, 6.45) is 1.20. The van der Waals surface area contributed by atoms with Gasteiger partial charge in [-0.3, -0.25) is 0 Å². The minimum atomic E-state index is -2.39. The van der Waals surface area contributed by atoms with Gasteiger partial charge in [-0.15, -0.1) is 0 Å². The molecule has 0 spiro atoms. The molecule has 0 saturated carbocycles. The molecule has 0 heterocycles. The molecule has 0 aliphatic heterocycles. The predicted octanol–water partition coefficient (Wildman–Crippen LogP) is 4.44. The van der Waals surface area contributed by atoms with Crippen LogP contribution in [0, 0.1) is 11.8 Å². The maximum atomic E-state index is 10.8. The zero-order chi connectivity index (χ0) is 17.6. The SMILES string of the molecule is C=[C]([C@@H]([C@@H](O)CCc1ccccc1)[C@@H](O)CC(C)C)[Sn]([CH3])([CH3])[CH3]. The van der Waals surface area contributed by atoms with Crippen molar-refractivity contribution in [1.82, 2.24) is 0 Å². The first kappa shape index (κ1) is 20.7. The van der Waals surface area contributed by atoms with E-state index in [-0.39, 0.29) is 5.92 Å². The Morgan fingerprint density at radius 3 is 2.09 bits per heavy atom. The van der Waals surface area contributed by atoms with Gasteiger partial charge in [-0.2, -0.15) is 0 Å². The van der Waals surface area contributed by atoms with E-state index in [0.29, 0.717) is 18.8 Å². The van der Waals surface area contributed by atoms with E-state index in [4.69, 9.17) is 0 Å². The molecule has 3 heteroatoms. The van der Waals surface area contributed by atoms with Gasteiger partial charge in [0.25, 0.3) is 0 Å². The van der Waals surface area contributed by atoms with E-state index >= 15 is 0 Å². The van der Waals surface area contributed by atoms with Crippen LogP contribution in [0.15, 0.2) is 40.5 Å². The van der Waals surface area contributed by atoms with E-state index in [2.05, 4.69) is 47.4 Å². The summed E-state index contributed by atoms with van der Waals surface area (Å²) in [4.78, 5) is 6.90. The van der Waals surface area contributed by atoms with Crippen LogP contribution in [0.5, 0.6) is 0 Å². The third kappa shape index (κ3) is 6.98. The summed E-state index contributed by atoms with van der Waals surface area (Å²) in [6, 6.07) is 10.2. The average Bonchev–Trinajstić information content (AvgIpc) is 2.44. The normalized spacial score (nSPS) is 16.2. The van der Waals surface area contributed by atoms with E-state index in [1.165, 1.54) is 5.56 Å². The van der Waals surface area contributed by atoms with E-state index in [1.807, 2.05) is 18.2 Å². The van der Waals surface area contributed by atoms with Crippen LogP contribution < -0.4 is 0 Å². The Bertz CT molecular complexity index is 476. The number of rotatable bonds is 9. The Hall–Kier alpha value is -0.321. The van der Waals surface area contributed by atoms with Gasteiger partial charge in [0.15, 0.2) is 0 Å². The Kier molecular flexibility index (Phi) is 8.32. The van der Waals surface area contributed by atoms with Gasteiger partial charge in [0.1, 0.15) is 0 Å². The molecule has 1 aromatic carbocycles. The second-order valence-corrected chi connectivity index (χ2v) is 22.8. The van der Waals surface area contributed by atoms with Crippen LogP contribution in [-0.2, 0) is 6.42 Å². The van der Waals surface area contributed by atoms with Gasteiger partial charge in [-0.1, -0.05) is 0 Å². The summed E-state index contributed by atoms with van der Waals surface area (Å²) >= 11 is -2.39. The molecule has 1 aromatic rings. The quantitative estimate of drug-likeness (QED) is 0.575. The van der Waals surface area contributed by atoms with Crippen molar-refractivity contribution in [2.75, 3.05) is 0 Å². The van der Waals surface area contributed by atoms with Crippen LogP contribution in [0.4, 0.5) is 0 Å². The van der Waals surface area contributed by atoms with Crippen molar-refractivity contribution in [3.05, 3.63) is 46.1 Å². The summed E-state index contributed by atoms with van der Waals surface area (Å²) < 4.78 is 1.15. The fraction of sp³-hybridized carbons (Fsp3) is 0.600. The predicted molar refractivity (Wildman–Crippen MR) is 102 cm³/mol. The van der Waals surface area contributed by atoms with Crippen molar-refractivity contribution < 1.29 is 10.2 Å².